The molecule has 2 aromatic rings. The van der Waals surface area contributed by atoms with E-state index in [0.717, 1.165) is 23.6 Å². The molecule has 4 unspecified atom stereocenters. The predicted molar refractivity (Wildman–Crippen MR) is 117 cm³/mol. The number of aliphatic hydroxyl groups is 2. The van der Waals surface area contributed by atoms with E-state index in [2.05, 4.69) is 25.6 Å². The number of aliphatic carboxylic acids is 1. The Labute approximate surface area is 195 Å². The molecule has 3 rings (SSSR count). The van der Waals surface area contributed by atoms with E-state index < -0.39 is 42.7 Å². The summed E-state index contributed by atoms with van der Waals surface area (Å²) in [7, 11) is 0. The zero-order valence-electron chi connectivity index (χ0n) is 17.4. The van der Waals surface area contributed by atoms with Gasteiger partial charge in [0.25, 0.3) is 0 Å². The van der Waals surface area contributed by atoms with Gasteiger partial charge in [-0.2, -0.15) is 24.9 Å². The second-order valence-corrected chi connectivity index (χ2v) is 9.39. The van der Waals surface area contributed by atoms with Crippen LogP contribution in [0.25, 0.3) is 11.2 Å². The van der Waals surface area contributed by atoms with Crippen LogP contribution in [0.1, 0.15) is 18.9 Å². The Morgan fingerprint density at radius 3 is 2.70 bits per heavy atom. The second kappa shape index (κ2) is 10.9. The Morgan fingerprint density at radius 2 is 2.03 bits per heavy atom. The highest BCUT2D eigenvalue weighted by Gasteiger charge is 2.43. The first-order valence-electron chi connectivity index (χ1n) is 9.93. The van der Waals surface area contributed by atoms with Crippen molar-refractivity contribution in [3.8, 4) is 0 Å². The van der Waals surface area contributed by atoms with Crippen molar-refractivity contribution >= 4 is 46.5 Å². The van der Waals surface area contributed by atoms with Crippen molar-refractivity contribution in [3.05, 3.63) is 12.2 Å². The van der Waals surface area contributed by atoms with Crippen LogP contribution in [-0.2, 0) is 4.79 Å². The van der Waals surface area contributed by atoms with E-state index >= 15 is 0 Å². The third kappa shape index (κ3) is 6.49. The first-order valence-corrected chi connectivity index (χ1v) is 12.3. The number of anilines is 1. The Bertz CT molecular complexity index is 1010. The number of hydrogen-bond donors (Lipinski definition) is 4. The van der Waals surface area contributed by atoms with Crippen molar-refractivity contribution in [2.45, 2.75) is 42.4 Å². The molecule has 4 N–H and O–H groups in total. The fraction of sp³-hybridized carbons (Fsp3) is 0.611. The highest BCUT2D eigenvalue weighted by atomic mass is 32.2. The summed E-state index contributed by atoms with van der Waals surface area (Å²) in [6.45, 7) is 0.527. The number of nitrogens with zero attached hydrogens (tertiary/aromatic N) is 5. The molecular formula is C18H23F3N6O4S2. The maximum atomic E-state index is 12.6. The van der Waals surface area contributed by atoms with Gasteiger partial charge in [0.1, 0.15) is 6.10 Å². The number of carboxylic acids is 1. The number of thioether (sulfide) groups is 2. The number of carbonyl (C=O) groups is 1. The molecule has 1 aliphatic carbocycles. The molecule has 1 saturated carbocycles. The van der Waals surface area contributed by atoms with E-state index in [4.69, 9.17) is 5.11 Å². The van der Waals surface area contributed by atoms with Crippen LogP contribution in [0.15, 0.2) is 17.3 Å². The largest absolute Gasteiger partial charge is 0.478 e. The smallest absolute Gasteiger partial charge is 0.389 e. The Kier molecular flexibility index (Phi) is 8.42. The van der Waals surface area contributed by atoms with Crippen LogP contribution in [-0.4, -0.2) is 88.9 Å². The highest BCUT2D eigenvalue weighted by Crippen LogP contribution is 2.38. The lowest BCUT2D eigenvalue weighted by molar-refractivity contribution is -0.131. The number of halogens is 3. The van der Waals surface area contributed by atoms with Crippen molar-refractivity contribution in [3.63, 3.8) is 0 Å². The third-order valence-electron chi connectivity index (χ3n) is 5.02. The number of rotatable bonds is 10. The zero-order chi connectivity index (χ0) is 24.2. The third-order valence-corrected chi connectivity index (χ3v) is 6.48. The van der Waals surface area contributed by atoms with Crippen LogP contribution in [0.4, 0.5) is 19.0 Å². The molecule has 0 bridgehead atoms. The minimum absolute atomic E-state index is 0.0947. The average Bonchev–Trinajstić information content (AvgIpc) is 3.27. The van der Waals surface area contributed by atoms with Crippen molar-refractivity contribution in [1.82, 2.24) is 25.0 Å². The quantitative estimate of drug-likeness (QED) is 0.162. The van der Waals surface area contributed by atoms with Gasteiger partial charge in [0, 0.05) is 30.0 Å². The van der Waals surface area contributed by atoms with E-state index in [0.29, 0.717) is 12.4 Å². The molecule has 0 aromatic carbocycles. The number of nitrogens with one attached hydrogen (secondary N) is 1. The van der Waals surface area contributed by atoms with Crippen molar-refractivity contribution < 1.29 is 33.3 Å². The molecular weight excluding hydrogens is 485 g/mol. The zero-order valence-corrected chi connectivity index (χ0v) is 19.1. The standard InChI is InChI=1S/C18H23F3N6O4S2/c1-32-7-5-22-15-12-16(24-17(23-15)33-6-4-18(19,20)21)27(26-25-12)10-8-9(2-3-11(28)29)13(30)14(10)31/h2-3,9-10,13-14,30-31H,4-8H2,1H3,(H,28,29)(H,22,23,24). The van der Waals surface area contributed by atoms with Crippen LogP contribution in [0, 0.1) is 5.92 Å². The Hall–Kier alpha value is -2.10. The first kappa shape index (κ1) is 25.5. The summed E-state index contributed by atoms with van der Waals surface area (Å²) in [5.41, 5.74) is 0.479. The molecule has 15 heteroatoms. The summed E-state index contributed by atoms with van der Waals surface area (Å²) in [6, 6.07) is -0.768. The average molecular weight is 509 g/mol. The molecule has 1 aliphatic rings. The minimum atomic E-state index is -4.30. The van der Waals surface area contributed by atoms with Gasteiger partial charge in [-0.1, -0.05) is 23.1 Å². The van der Waals surface area contributed by atoms with Crippen molar-refractivity contribution in [1.29, 1.82) is 0 Å². The lowest BCUT2D eigenvalue weighted by Gasteiger charge is -2.17. The molecule has 33 heavy (non-hydrogen) atoms. The van der Waals surface area contributed by atoms with Crippen LogP contribution in [0.5, 0.6) is 0 Å². The van der Waals surface area contributed by atoms with Crippen molar-refractivity contribution in [2.24, 2.45) is 5.92 Å². The molecule has 0 spiro atoms. The number of carboxylic acid groups (broad SMARTS) is 1. The molecule has 0 radical (unpaired) electrons. The molecule has 0 saturated heterocycles. The van der Waals surface area contributed by atoms with Crippen LogP contribution < -0.4 is 5.32 Å². The monoisotopic (exact) mass is 508 g/mol. The summed E-state index contributed by atoms with van der Waals surface area (Å²) < 4.78 is 39.0. The van der Waals surface area contributed by atoms with Gasteiger partial charge >= 0.3 is 12.1 Å². The summed E-state index contributed by atoms with van der Waals surface area (Å²) in [5, 5.41) is 41.1. The number of hydrogen-bond acceptors (Lipinski definition) is 10. The first-order chi connectivity index (χ1) is 15.6. The summed E-state index contributed by atoms with van der Waals surface area (Å²) in [5.74, 6) is -1.03. The molecule has 10 nitrogen and oxygen atoms in total. The Morgan fingerprint density at radius 1 is 1.27 bits per heavy atom. The number of aromatic nitrogens is 5. The fourth-order valence-corrected chi connectivity index (χ4v) is 4.56. The molecule has 0 amide bonds. The predicted octanol–water partition coefficient (Wildman–Crippen LogP) is 1.96. The molecule has 0 aliphatic heterocycles. The highest BCUT2D eigenvalue weighted by molar-refractivity contribution is 7.99. The molecule has 2 aromatic heterocycles. The second-order valence-electron chi connectivity index (χ2n) is 7.34. The maximum absolute atomic E-state index is 12.6. The number of aliphatic hydroxyl groups excluding tert-OH is 2. The molecule has 1 fully saturated rings. The lowest BCUT2D eigenvalue weighted by Crippen LogP contribution is -2.29. The van der Waals surface area contributed by atoms with Crippen LogP contribution in [0.3, 0.4) is 0 Å². The van der Waals surface area contributed by atoms with Gasteiger partial charge in [-0.3, -0.25) is 0 Å². The summed E-state index contributed by atoms with van der Waals surface area (Å²) >= 11 is 2.43. The minimum Gasteiger partial charge on any atom is -0.478 e. The lowest BCUT2D eigenvalue weighted by atomic mass is 10.1. The number of fused-ring (bicyclic) bond motifs is 1. The molecule has 2 heterocycles. The van der Waals surface area contributed by atoms with E-state index in [9.17, 15) is 28.2 Å². The SMILES string of the molecule is CSCCNc1nc(SCCC(F)(F)F)nc2c1nnn2C1CC(C=CC(=O)O)C(O)C1O. The van der Waals surface area contributed by atoms with E-state index in [1.807, 2.05) is 6.26 Å². The van der Waals surface area contributed by atoms with E-state index in [1.54, 1.807) is 11.8 Å². The van der Waals surface area contributed by atoms with Gasteiger partial charge < -0.3 is 20.6 Å². The van der Waals surface area contributed by atoms with Crippen molar-refractivity contribution in [2.75, 3.05) is 29.6 Å². The van der Waals surface area contributed by atoms with Gasteiger partial charge in [-0.15, -0.1) is 5.10 Å². The van der Waals surface area contributed by atoms with Gasteiger partial charge in [0.2, 0.25) is 0 Å². The maximum Gasteiger partial charge on any atom is 0.389 e. The normalized spacial score (nSPS) is 23.6. The topological polar surface area (TPSA) is 146 Å². The van der Waals surface area contributed by atoms with E-state index in [1.165, 1.54) is 10.8 Å². The molecule has 182 valence electrons. The molecule has 4 atom stereocenters. The number of alkyl halides is 3. The van der Waals surface area contributed by atoms with Crippen LogP contribution >= 0.6 is 23.5 Å². The van der Waals surface area contributed by atoms with Gasteiger partial charge in [-0.25, -0.2) is 19.4 Å². The van der Waals surface area contributed by atoms with Gasteiger partial charge in [0.05, 0.1) is 18.6 Å². The van der Waals surface area contributed by atoms with Crippen LogP contribution in [0.2, 0.25) is 0 Å². The van der Waals surface area contributed by atoms with Gasteiger partial charge in [-0.05, 0) is 12.7 Å². The fourth-order valence-electron chi connectivity index (χ4n) is 3.43. The van der Waals surface area contributed by atoms with Gasteiger partial charge in [0.15, 0.2) is 22.1 Å². The summed E-state index contributed by atoms with van der Waals surface area (Å²) in [4.78, 5) is 19.4. The Balaban J connectivity index is 1.92. The van der Waals surface area contributed by atoms with E-state index in [-0.39, 0.29) is 28.5 Å². The summed E-state index contributed by atoms with van der Waals surface area (Å²) in [6.07, 6.45) is -3.52.